The quantitative estimate of drug-likeness (QED) is 0.779. The molecule has 3 heterocycles. The second-order valence-corrected chi connectivity index (χ2v) is 9.77. The fourth-order valence-corrected chi connectivity index (χ4v) is 5.27. The Morgan fingerprint density at radius 2 is 1.93 bits per heavy atom. The lowest BCUT2D eigenvalue weighted by molar-refractivity contribution is -0.192. The fourth-order valence-electron chi connectivity index (χ4n) is 3.63. The minimum Gasteiger partial charge on any atom is -0.475 e. The number of halogens is 3. The van der Waals surface area contributed by atoms with E-state index in [9.17, 15) is 21.6 Å². The Hall–Kier alpha value is -1.66. The van der Waals surface area contributed by atoms with Gasteiger partial charge in [0.2, 0.25) is 0 Å². The number of likely N-dealkylation sites (tertiary alicyclic amines) is 1. The predicted molar refractivity (Wildman–Crippen MR) is 91.9 cm³/mol. The molecule has 8 nitrogen and oxygen atoms in total. The van der Waals surface area contributed by atoms with E-state index in [1.165, 1.54) is 25.7 Å². The molecule has 12 heteroatoms. The van der Waals surface area contributed by atoms with E-state index in [0.29, 0.717) is 13.1 Å². The van der Waals surface area contributed by atoms with Crippen molar-refractivity contribution in [3.05, 3.63) is 12.5 Å². The van der Waals surface area contributed by atoms with Gasteiger partial charge in [0.15, 0.2) is 5.03 Å². The van der Waals surface area contributed by atoms with Gasteiger partial charge in [-0.2, -0.15) is 17.5 Å². The van der Waals surface area contributed by atoms with E-state index in [2.05, 4.69) is 9.88 Å². The molecule has 1 N–H and O–H groups in total. The maximum Gasteiger partial charge on any atom is 0.490 e. The fraction of sp³-hybridized carbons (Fsp3) is 0.750. The number of nitrogens with zero attached hydrogens (tertiary/aromatic N) is 4. The molecular formula is C16H23F3N4O4S. The summed E-state index contributed by atoms with van der Waals surface area (Å²) < 4.78 is 60.0. The Balaban J connectivity index is 0.000000279. The average Bonchev–Trinajstić information content (AvgIpc) is 3.07. The van der Waals surface area contributed by atoms with Crippen LogP contribution < -0.4 is 0 Å². The van der Waals surface area contributed by atoms with Gasteiger partial charge in [-0.15, -0.1) is 0 Å². The largest absolute Gasteiger partial charge is 0.490 e. The second kappa shape index (κ2) is 7.30. The number of rotatable bonds is 4. The molecule has 1 aliphatic carbocycles. The van der Waals surface area contributed by atoms with E-state index in [-0.39, 0.29) is 10.4 Å². The summed E-state index contributed by atoms with van der Waals surface area (Å²) in [6.45, 7) is 4.74. The van der Waals surface area contributed by atoms with Crippen LogP contribution in [0.1, 0.15) is 19.3 Å². The van der Waals surface area contributed by atoms with Crippen LogP contribution in [0.2, 0.25) is 0 Å². The minimum atomic E-state index is -5.08. The van der Waals surface area contributed by atoms with Crippen molar-refractivity contribution in [2.24, 2.45) is 18.4 Å². The van der Waals surface area contributed by atoms with Crippen molar-refractivity contribution >= 4 is 16.0 Å². The number of hydrogen-bond donors (Lipinski definition) is 1. The molecule has 3 fully saturated rings. The first-order valence-corrected chi connectivity index (χ1v) is 10.4. The highest BCUT2D eigenvalue weighted by molar-refractivity contribution is 7.89. The van der Waals surface area contributed by atoms with Crippen LogP contribution in [0.3, 0.4) is 0 Å². The van der Waals surface area contributed by atoms with Gasteiger partial charge in [0, 0.05) is 44.8 Å². The molecule has 4 rings (SSSR count). The van der Waals surface area contributed by atoms with Gasteiger partial charge in [0.05, 0.1) is 6.33 Å². The number of aryl methyl sites for hydroxylation is 1. The molecule has 1 aromatic rings. The number of hydrogen-bond acceptors (Lipinski definition) is 5. The van der Waals surface area contributed by atoms with Gasteiger partial charge in [-0.25, -0.2) is 18.2 Å². The third-order valence-corrected chi connectivity index (χ3v) is 6.96. The summed E-state index contributed by atoms with van der Waals surface area (Å²) in [5.41, 5.74) is 0.205. The van der Waals surface area contributed by atoms with E-state index >= 15 is 0 Å². The molecular weight excluding hydrogens is 401 g/mol. The molecule has 0 atom stereocenters. The van der Waals surface area contributed by atoms with Gasteiger partial charge in [0.25, 0.3) is 10.0 Å². The Morgan fingerprint density at radius 1 is 1.32 bits per heavy atom. The number of carbonyl (C=O) groups is 1. The summed E-state index contributed by atoms with van der Waals surface area (Å²) in [6, 6.07) is 0. The first kappa shape index (κ1) is 21.1. The van der Waals surface area contributed by atoms with Crippen molar-refractivity contribution in [3.63, 3.8) is 0 Å². The molecule has 1 spiro atoms. The molecule has 0 amide bonds. The highest BCUT2D eigenvalue weighted by Crippen LogP contribution is 2.43. The maximum atomic E-state index is 12.5. The third-order valence-electron chi connectivity index (χ3n) is 5.28. The van der Waals surface area contributed by atoms with E-state index in [1.54, 1.807) is 22.1 Å². The summed E-state index contributed by atoms with van der Waals surface area (Å²) in [4.78, 5) is 15.4. The van der Waals surface area contributed by atoms with Crippen LogP contribution in [-0.2, 0) is 21.9 Å². The van der Waals surface area contributed by atoms with Gasteiger partial charge in [-0.1, -0.05) is 0 Å². The number of alkyl halides is 3. The maximum absolute atomic E-state index is 12.5. The lowest BCUT2D eigenvalue weighted by atomic mass is 9.81. The molecule has 2 aliphatic heterocycles. The Kier molecular flexibility index (Phi) is 5.49. The molecule has 0 aromatic carbocycles. The summed E-state index contributed by atoms with van der Waals surface area (Å²) in [5, 5.41) is 7.30. The predicted octanol–water partition coefficient (Wildman–Crippen LogP) is 1.16. The first-order valence-electron chi connectivity index (χ1n) is 8.92. The van der Waals surface area contributed by atoms with Gasteiger partial charge in [-0.3, -0.25) is 0 Å². The highest BCUT2D eigenvalue weighted by atomic mass is 32.2. The zero-order valence-corrected chi connectivity index (χ0v) is 16.2. The van der Waals surface area contributed by atoms with Crippen molar-refractivity contribution in [2.45, 2.75) is 30.5 Å². The summed E-state index contributed by atoms with van der Waals surface area (Å²) in [6.07, 6.45) is 1.92. The average molecular weight is 424 g/mol. The Labute approximate surface area is 161 Å². The summed E-state index contributed by atoms with van der Waals surface area (Å²) in [5.74, 6) is -1.85. The van der Waals surface area contributed by atoms with Crippen molar-refractivity contribution < 1.29 is 31.5 Å². The zero-order valence-electron chi connectivity index (χ0n) is 15.4. The Morgan fingerprint density at radius 3 is 2.39 bits per heavy atom. The molecule has 1 saturated carbocycles. The highest BCUT2D eigenvalue weighted by Gasteiger charge is 2.52. The topological polar surface area (TPSA) is 95.7 Å². The molecule has 28 heavy (non-hydrogen) atoms. The number of carboxylic acid groups (broad SMARTS) is 1. The van der Waals surface area contributed by atoms with Crippen LogP contribution in [0.25, 0.3) is 0 Å². The standard InChI is InChI=1S/C14H22N4O2S.C2HF3O2/c1-16-7-13(15-11-16)21(19,20)18-9-14(10-18)4-5-17(8-14)6-12-2-3-12;3-2(4,5)1(6)7/h7,11-12H,2-6,8-10H2,1H3;(H,6,7). The number of sulfonamides is 1. The molecule has 0 radical (unpaired) electrons. The number of imidazole rings is 1. The van der Waals surface area contributed by atoms with Crippen molar-refractivity contribution in [2.75, 3.05) is 32.7 Å². The van der Waals surface area contributed by atoms with Crippen LogP contribution in [0.4, 0.5) is 13.2 Å². The van der Waals surface area contributed by atoms with Gasteiger partial charge < -0.3 is 14.6 Å². The zero-order chi connectivity index (χ0) is 20.7. The monoisotopic (exact) mass is 424 g/mol. The SMILES string of the molecule is Cn1cnc(S(=O)(=O)N2CC3(CCN(CC4CC4)C3)C2)c1.O=C(O)C(F)(F)F. The molecule has 158 valence electrons. The van der Waals surface area contributed by atoms with E-state index in [1.807, 2.05) is 0 Å². The molecule has 3 aliphatic rings. The van der Waals surface area contributed by atoms with Crippen molar-refractivity contribution in [3.8, 4) is 0 Å². The normalized spacial score (nSPS) is 22.6. The summed E-state index contributed by atoms with van der Waals surface area (Å²) >= 11 is 0. The number of aliphatic carboxylic acids is 1. The summed E-state index contributed by atoms with van der Waals surface area (Å²) in [7, 11) is -1.60. The van der Waals surface area contributed by atoms with Crippen LogP contribution in [0.15, 0.2) is 17.6 Å². The van der Waals surface area contributed by atoms with Crippen LogP contribution in [0, 0.1) is 11.3 Å². The van der Waals surface area contributed by atoms with Gasteiger partial charge >= 0.3 is 12.1 Å². The van der Waals surface area contributed by atoms with E-state index in [4.69, 9.17) is 9.90 Å². The molecule has 2 saturated heterocycles. The van der Waals surface area contributed by atoms with Crippen LogP contribution in [0.5, 0.6) is 0 Å². The van der Waals surface area contributed by atoms with E-state index < -0.39 is 22.2 Å². The van der Waals surface area contributed by atoms with Gasteiger partial charge in [-0.05, 0) is 31.7 Å². The van der Waals surface area contributed by atoms with Gasteiger partial charge in [0.1, 0.15) is 0 Å². The number of carboxylic acids is 1. The van der Waals surface area contributed by atoms with Crippen LogP contribution >= 0.6 is 0 Å². The van der Waals surface area contributed by atoms with Crippen molar-refractivity contribution in [1.82, 2.24) is 18.8 Å². The number of aromatic nitrogens is 2. The minimum absolute atomic E-state index is 0.174. The van der Waals surface area contributed by atoms with E-state index in [0.717, 1.165) is 25.4 Å². The molecule has 0 unspecified atom stereocenters. The van der Waals surface area contributed by atoms with Crippen LogP contribution in [-0.4, -0.2) is 77.1 Å². The third kappa shape index (κ3) is 4.66. The first-order chi connectivity index (χ1) is 12.9. The Bertz CT molecular complexity index is 829. The van der Waals surface area contributed by atoms with Crippen molar-refractivity contribution in [1.29, 1.82) is 0 Å². The lowest BCUT2D eigenvalue weighted by Crippen LogP contribution is -2.59. The second-order valence-electron chi connectivity index (χ2n) is 7.88. The molecule has 1 aromatic heterocycles. The molecule has 0 bridgehead atoms. The smallest absolute Gasteiger partial charge is 0.475 e. The lowest BCUT2D eigenvalue weighted by Gasteiger charge is -2.46.